The van der Waals surface area contributed by atoms with E-state index in [2.05, 4.69) is 158 Å². The number of rotatable bonds is 2. The quantitative estimate of drug-likeness (QED) is 0.182. The molecule has 0 aliphatic rings. The van der Waals surface area contributed by atoms with Crippen molar-refractivity contribution >= 4 is 87.0 Å². The molecular formula is C46H26O2. The first kappa shape index (κ1) is 25.8. The summed E-state index contributed by atoms with van der Waals surface area (Å²) >= 11 is 0. The Bertz CT molecular complexity index is 3060. The summed E-state index contributed by atoms with van der Waals surface area (Å²) in [7, 11) is 0. The summed E-state index contributed by atoms with van der Waals surface area (Å²) < 4.78 is 13.1. The van der Waals surface area contributed by atoms with Crippen molar-refractivity contribution in [3.63, 3.8) is 0 Å². The Labute approximate surface area is 275 Å². The topological polar surface area (TPSA) is 26.3 Å². The molecule has 11 rings (SSSR count). The van der Waals surface area contributed by atoms with Gasteiger partial charge in [0.05, 0.1) is 0 Å². The highest BCUT2D eigenvalue weighted by atomic mass is 16.4. The second-order valence-electron chi connectivity index (χ2n) is 12.8. The summed E-state index contributed by atoms with van der Waals surface area (Å²) in [6.07, 6.45) is 0. The maximum Gasteiger partial charge on any atom is 0.178 e. The van der Waals surface area contributed by atoms with Crippen LogP contribution in [0.15, 0.2) is 167 Å². The van der Waals surface area contributed by atoms with Crippen molar-refractivity contribution in [3.8, 4) is 22.3 Å². The first-order valence-corrected chi connectivity index (χ1v) is 16.4. The van der Waals surface area contributed by atoms with Gasteiger partial charge < -0.3 is 8.83 Å². The molecule has 2 aromatic heterocycles. The van der Waals surface area contributed by atoms with E-state index in [0.29, 0.717) is 0 Å². The molecule has 0 aliphatic carbocycles. The van der Waals surface area contributed by atoms with Crippen LogP contribution in [0.25, 0.3) is 109 Å². The van der Waals surface area contributed by atoms with Crippen LogP contribution >= 0.6 is 0 Å². The summed E-state index contributed by atoms with van der Waals surface area (Å²) in [5.74, 6) is 0. The van der Waals surface area contributed by atoms with E-state index < -0.39 is 0 Å². The Kier molecular flexibility index (Phi) is 5.14. The Hall–Kier alpha value is -6.38. The van der Waals surface area contributed by atoms with E-state index in [1.54, 1.807) is 0 Å². The zero-order valence-corrected chi connectivity index (χ0v) is 25.8. The Morgan fingerprint density at radius 2 is 0.854 bits per heavy atom. The Balaban J connectivity index is 1.20. The summed E-state index contributed by atoms with van der Waals surface area (Å²) in [6.45, 7) is 0. The van der Waals surface area contributed by atoms with E-state index in [4.69, 9.17) is 8.83 Å². The van der Waals surface area contributed by atoms with Crippen molar-refractivity contribution in [1.29, 1.82) is 0 Å². The lowest BCUT2D eigenvalue weighted by Gasteiger charge is -2.18. The van der Waals surface area contributed by atoms with Crippen LogP contribution in [0.5, 0.6) is 0 Å². The molecule has 2 nitrogen and oxygen atoms in total. The van der Waals surface area contributed by atoms with Gasteiger partial charge in [0, 0.05) is 21.5 Å². The van der Waals surface area contributed by atoms with Crippen LogP contribution in [0.1, 0.15) is 0 Å². The van der Waals surface area contributed by atoms with Crippen LogP contribution in [-0.2, 0) is 0 Å². The molecule has 2 heteroatoms. The van der Waals surface area contributed by atoms with Crippen molar-refractivity contribution in [3.05, 3.63) is 158 Å². The van der Waals surface area contributed by atoms with E-state index >= 15 is 0 Å². The normalized spacial score (nSPS) is 12.2. The highest BCUT2D eigenvalue weighted by Crippen LogP contribution is 2.47. The second kappa shape index (κ2) is 9.57. The summed E-state index contributed by atoms with van der Waals surface area (Å²) in [6, 6.07) is 56.7. The van der Waals surface area contributed by atoms with E-state index in [1.807, 2.05) is 0 Å². The standard InChI is InChI=1S/C46H26O2/c1-3-13-30-27(10-1)12-9-19-32(30)43-35-17-7-5-15-33(35)42(34-16-6-8-18-36(34)43)29-21-24-40-39(26-29)37-22-23-38-44-31-14-4-2-11-28(31)20-25-41(44)48-46(38)45(37)47-40/h1-26H. The summed E-state index contributed by atoms with van der Waals surface area (Å²) in [4.78, 5) is 0. The third kappa shape index (κ3) is 3.46. The van der Waals surface area contributed by atoms with Crippen LogP contribution < -0.4 is 0 Å². The predicted octanol–water partition coefficient (Wildman–Crippen LogP) is 13.4. The van der Waals surface area contributed by atoms with E-state index in [0.717, 1.165) is 49.4 Å². The molecular weight excluding hydrogens is 585 g/mol. The molecule has 0 amide bonds. The minimum absolute atomic E-state index is 0.793. The molecule has 9 aromatic carbocycles. The van der Waals surface area contributed by atoms with Crippen molar-refractivity contribution < 1.29 is 8.83 Å². The molecule has 0 fully saturated rings. The lowest BCUT2D eigenvalue weighted by Crippen LogP contribution is -1.91. The van der Waals surface area contributed by atoms with Gasteiger partial charge in [-0.3, -0.25) is 0 Å². The molecule has 0 atom stereocenters. The number of hydrogen-bond acceptors (Lipinski definition) is 2. The second-order valence-corrected chi connectivity index (χ2v) is 12.8. The molecule has 0 unspecified atom stereocenters. The van der Waals surface area contributed by atoms with Gasteiger partial charge in [0.1, 0.15) is 11.2 Å². The molecule has 0 N–H and O–H groups in total. The summed E-state index contributed by atoms with van der Waals surface area (Å²) in [5, 5.41) is 14.2. The zero-order chi connectivity index (χ0) is 31.3. The minimum atomic E-state index is 0.793. The maximum absolute atomic E-state index is 6.60. The number of hydrogen-bond donors (Lipinski definition) is 0. The highest BCUT2D eigenvalue weighted by Gasteiger charge is 2.21. The van der Waals surface area contributed by atoms with Crippen molar-refractivity contribution in [2.24, 2.45) is 0 Å². The Morgan fingerprint density at radius 3 is 1.60 bits per heavy atom. The van der Waals surface area contributed by atoms with Crippen LogP contribution in [0.4, 0.5) is 0 Å². The van der Waals surface area contributed by atoms with E-state index in [1.165, 1.54) is 59.8 Å². The average Bonchev–Trinajstić information content (AvgIpc) is 3.72. The highest BCUT2D eigenvalue weighted by molar-refractivity contribution is 6.26. The van der Waals surface area contributed by atoms with Gasteiger partial charge in [0.2, 0.25) is 0 Å². The van der Waals surface area contributed by atoms with Gasteiger partial charge in [0.15, 0.2) is 11.2 Å². The zero-order valence-electron chi connectivity index (χ0n) is 25.8. The third-order valence-electron chi connectivity index (χ3n) is 10.2. The summed E-state index contributed by atoms with van der Waals surface area (Å²) in [5.41, 5.74) is 8.25. The monoisotopic (exact) mass is 610 g/mol. The van der Waals surface area contributed by atoms with Gasteiger partial charge in [-0.05, 0) is 95.7 Å². The van der Waals surface area contributed by atoms with E-state index in [9.17, 15) is 0 Å². The van der Waals surface area contributed by atoms with Gasteiger partial charge in [-0.2, -0.15) is 0 Å². The van der Waals surface area contributed by atoms with Gasteiger partial charge in [-0.15, -0.1) is 0 Å². The first-order valence-electron chi connectivity index (χ1n) is 16.4. The molecule has 2 heterocycles. The van der Waals surface area contributed by atoms with Crippen molar-refractivity contribution in [1.82, 2.24) is 0 Å². The van der Waals surface area contributed by atoms with Crippen molar-refractivity contribution in [2.45, 2.75) is 0 Å². The van der Waals surface area contributed by atoms with Gasteiger partial charge in [0.25, 0.3) is 0 Å². The van der Waals surface area contributed by atoms with Crippen LogP contribution in [0.2, 0.25) is 0 Å². The van der Waals surface area contributed by atoms with Crippen LogP contribution in [-0.4, -0.2) is 0 Å². The molecule has 48 heavy (non-hydrogen) atoms. The lowest BCUT2D eigenvalue weighted by molar-refractivity contribution is 0.633. The Morgan fingerprint density at radius 1 is 0.312 bits per heavy atom. The maximum atomic E-state index is 6.60. The van der Waals surface area contributed by atoms with Gasteiger partial charge in [-0.1, -0.05) is 127 Å². The molecule has 0 saturated carbocycles. The first-order chi connectivity index (χ1) is 23.8. The largest absolute Gasteiger partial charge is 0.452 e. The lowest BCUT2D eigenvalue weighted by atomic mass is 9.84. The third-order valence-corrected chi connectivity index (χ3v) is 10.2. The van der Waals surface area contributed by atoms with Crippen LogP contribution in [0, 0.1) is 0 Å². The fourth-order valence-electron chi connectivity index (χ4n) is 8.17. The minimum Gasteiger partial charge on any atom is -0.452 e. The van der Waals surface area contributed by atoms with Gasteiger partial charge in [-0.25, -0.2) is 0 Å². The van der Waals surface area contributed by atoms with Crippen molar-refractivity contribution in [2.75, 3.05) is 0 Å². The molecule has 0 radical (unpaired) electrons. The molecule has 222 valence electrons. The van der Waals surface area contributed by atoms with E-state index in [-0.39, 0.29) is 0 Å². The molecule has 0 saturated heterocycles. The average molecular weight is 611 g/mol. The number of benzene rings is 9. The molecule has 0 bridgehead atoms. The SMILES string of the molecule is c1ccc2c(-c3c4ccccc4c(-c4ccc5oc6c(ccc7c6oc6ccc8ccccc8c67)c5c4)c4ccccc34)cccc2c1. The fourth-order valence-corrected chi connectivity index (χ4v) is 8.17. The predicted molar refractivity (Wildman–Crippen MR) is 202 cm³/mol. The molecule has 0 aliphatic heterocycles. The number of fused-ring (bicyclic) bond motifs is 12. The molecule has 0 spiro atoms. The van der Waals surface area contributed by atoms with Gasteiger partial charge >= 0.3 is 0 Å². The number of furan rings is 2. The molecule has 11 aromatic rings. The van der Waals surface area contributed by atoms with Crippen LogP contribution in [0.3, 0.4) is 0 Å². The fraction of sp³-hybridized carbons (Fsp3) is 0. The smallest absolute Gasteiger partial charge is 0.178 e.